The van der Waals surface area contributed by atoms with E-state index in [0.717, 1.165) is 32.3 Å². The average molecular weight is 631 g/mol. The lowest BCUT2D eigenvalue weighted by molar-refractivity contribution is -0.0866. The molecule has 0 aromatic carbocycles. The maximum absolute atomic E-state index is 5.78. The minimum atomic E-state index is 0. The Morgan fingerprint density at radius 3 is 1.41 bits per heavy atom. The predicted molar refractivity (Wildman–Crippen MR) is 204 cm³/mol. The molecule has 0 amide bonds. The second-order valence-corrected chi connectivity index (χ2v) is 18.5. The first-order chi connectivity index (χ1) is 17.8. The summed E-state index contributed by atoms with van der Waals surface area (Å²) in [7, 11) is 0. The highest BCUT2D eigenvalue weighted by Crippen LogP contribution is 2.35. The Morgan fingerprint density at radius 1 is 0.614 bits per heavy atom. The summed E-state index contributed by atoms with van der Waals surface area (Å²) in [5.41, 5.74) is 1.83. The summed E-state index contributed by atoms with van der Waals surface area (Å²) in [5, 5.41) is 7.29. The van der Waals surface area contributed by atoms with Gasteiger partial charge in [-0.15, -0.1) is 0 Å². The zero-order chi connectivity index (χ0) is 31.3. The third-order valence-corrected chi connectivity index (χ3v) is 9.40. The first-order valence-electron chi connectivity index (χ1n) is 16.4. The molecule has 0 bridgehead atoms. The molecule has 4 atom stereocenters. The average Bonchev–Trinajstić information content (AvgIpc) is 3.30. The first kappa shape index (κ1) is 50.7. The van der Waals surface area contributed by atoms with E-state index >= 15 is 0 Å². The van der Waals surface area contributed by atoms with Crippen molar-refractivity contribution in [1.29, 1.82) is 0 Å². The van der Waals surface area contributed by atoms with Gasteiger partial charge in [0.05, 0.1) is 12.7 Å². The van der Waals surface area contributed by atoms with Crippen molar-refractivity contribution < 1.29 is 4.74 Å². The number of ether oxygens (including phenoxy) is 1. The van der Waals surface area contributed by atoms with Gasteiger partial charge in [-0.1, -0.05) is 113 Å². The molecule has 3 aliphatic rings. The molecule has 0 radical (unpaired) electrons. The van der Waals surface area contributed by atoms with Gasteiger partial charge < -0.3 is 10.1 Å². The van der Waals surface area contributed by atoms with E-state index in [1.165, 1.54) is 25.9 Å². The summed E-state index contributed by atoms with van der Waals surface area (Å²) >= 11 is 0. The van der Waals surface area contributed by atoms with Crippen LogP contribution < -0.4 is 10.6 Å². The fraction of sp³-hybridized carbons (Fsp3) is 1.00. The van der Waals surface area contributed by atoms with Crippen molar-refractivity contribution in [2.24, 2.45) is 27.6 Å². The van der Waals surface area contributed by atoms with Crippen LogP contribution in [0.4, 0.5) is 0 Å². The van der Waals surface area contributed by atoms with E-state index in [1.54, 1.807) is 0 Å². The standard InChI is InChI=1S/C13H27N.C11H24N2.C11H23NO.4CH4/c1-12(2,3)10-7-8-11(14-9-10)13(4,5)6;1-10(2,3)9-7-13(8-12-9)11(4,5)6;1-9(2)12-6-7-13-10(8-12)11(3,4)5;;;;/h10-11,14H,7-9H2,1-6H3;9,12H,7-8H2,1-6H3;9-10H,6-8H2,1-5H3;4*1H4. The second-order valence-electron chi connectivity index (χ2n) is 18.5. The normalized spacial score (nSPS) is 25.5. The Bertz CT molecular complexity index is 665. The molecule has 4 unspecified atom stereocenters. The van der Waals surface area contributed by atoms with E-state index < -0.39 is 0 Å². The molecular weight excluding hydrogens is 540 g/mol. The van der Waals surface area contributed by atoms with E-state index in [0.29, 0.717) is 46.0 Å². The van der Waals surface area contributed by atoms with Gasteiger partial charge in [0.1, 0.15) is 0 Å². The minimum Gasteiger partial charge on any atom is -0.375 e. The van der Waals surface area contributed by atoms with Crippen molar-refractivity contribution in [3.63, 3.8) is 0 Å². The molecule has 0 aliphatic carbocycles. The van der Waals surface area contributed by atoms with Gasteiger partial charge in [-0.3, -0.25) is 15.1 Å². The Morgan fingerprint density at radius 2 is 1.11 bits per heavy atom. The molecule has 0 spiro atoms. The van der Waals surface area contributed by atoms with Crippen LogP contribution in [0.2, 0.25) is 0 Å². The molecule has 0 aromatic heterocycles. The molecule has 3 saturated heterocycles. The summed E-state index contributed by atoms with van der Waals surface area (Å²) in [6.07, 6.45) is 3.12. The topological polar surface area (TPSA) is 39.8 Å². The summed E-state index contributed by atoms with van der Waals surface area (Å²) in [5.74, 6) is 0.848. The van der Waals surface area contributed by atoms with Crippen LogP contribution in [0.5, 0.6) is 0 Å². The highest BCUT2D eigenvalue weighted by Gasteiger charge is 2.36. The SMILES string of the molecule is C.C.C.C.CC(C)(C)C1CCC(C(C)(C)C)NC1.CC(C)(C)C1CN(C(C)(C)C)CN1.CC(C)N1CCOC(C(C)(C)C)C1. The molecule has 3 heterocycles. The summed E-state index contributed by atoms with van der Waals surface area (Å²) in [4.78, 5) is 5.00. The van der Waals surface area contributed by atoms with Crippen LogP contribution in [0.25, 0.3) is 0 Å². The van der Waals surface area contributed by atoms with Crippen LogP contribution in [0.1, 0.15) is 160 Å². The van der Waals surface area contributed by atoms with Crippen molar-refractivity contribution in [3.05, 3.63) is 0 Å². The van der Waals surface area contributed by atoms with Crippen molar-refractivity contribution in [1.82, 2.24) is 20.4 Å². The minimum absolute atomic E-state index is 0. The molecule has 0 aromatic rings. The molecular formula is C39H90N4O. The highest BCUT2D eigenvalue weighted by atomic mass is 16.5. The van der Waals surface area contributed by atoms with Crippen molar-refractivity contribution >= 4 is 0 Å². The number of nitrogens with zero attached hydrogens (tertiary/aromatic N) is 2. The molecule has 3 aliphatic heterocycles. The van der Waals surface area contributed by atoms with Crippen molar-refractivity contribution in [2.45, 2.75) is 190 Å². The van der Waals surface area contributed by atoms with Gasteiger partial charge in [0.15, 0.2) is 0 Å². The van der Waals surface area contributed by atoms with Crippen LogP contribution >= 0.6 is 0 Å². The number of hydrogen-bond donors (Lipinski definition) is 2. The summed E-state index contributed by atoms with van der Waals surface area (Å²) < 4.78 is 5.78. The van der Waals surface area contributed by atoms with E-state index in [4.69, 9.17) is 4.74 Å². The third-order valence-electron chi connectivity index (χ3n) is 9.40. The zero-order valence-corrected chi connectivity index (χ0v) is 30.3. The van der Waals surface area contributed by atoms with Gasteiger partial charge in [-0.05, 0) is 81.6 Å². The van der Waals surface area contributed by atoms with E-state index in [2.05, 4.69) is 138 Å². The second kappa shape index (κ2) is 19.6. The quantitative estimate of drug-likeness (QED) is 0.302. The van der Waals surface area contributed by atoms with Gasteiger partial charge in [-0.2, -0.15) is 0 Å². The molecule has 0 saturated carbocycles. The third kappa shape index (κ3) is 17.6. The summed E-state index contributed by atoms with van der Waals surface area (Å²) in [6, 6.07) is 1.99. The lowest BCUT2D eigenvalue weighted by Crippen LogP contribution is -2.50. The summed E-state index contributed by atoms with van der Waals surface area (Å²) in [6.45, 7) is 45.6. The fourth-order valence-corrected chi connectivity index (χ4v) is 5.66. The van der Waals surface area contributed by atoms with Gasteiger partial charge in [0.25, 0.3) is 0 Å². The zero-order valence-electron chi connectivity index (χ0n) is 30.3. The lowest BCUT2D eigenvalue weighted by atomic mass is 9.72. The number of hydrogen-bond acceptors (Lipinski definition) is 5. The molecule has 5 nitrogen and oxygen atoms in total. The Hall–Kier alpha value is -0.200. The number of nitrogens with one attached hydrogen (secondary N) is 2. The molecule has 44 heavy (non-hydrogen) atoms. The van der Waals surface area contributed by atoms with Gasteiger partial charge in [0.2, 0.25) is 0 Å². The molecule has 5 heteroatoms. The molecule has 3 fully saturated rings. The smallest absolute Gasteiger partial charge is 0.0750 e. The van der Waals surface area contributed by atoms with Gasteiger partial charge in [0, 0.05) is 50.0 Å². The number of morpholine rings is 1. The van der Waals surface area contributed by atoms with Crippen LogP contribution in [-0.4, -0.2) is 79.0 Å². The van der Waals surface area contributed by atoms with Crippen LogP contribution in [0.15, 0.2) is 0 Å². The molecule has 272 valence electrons. The largest absolute Gasteiger partial charge is 0.375 e. The highest BCUT2D eigenvalue weighted by molar-refractivity contribution is 4.92. The Labute approximate surface area is 281 Å². The van der Waals surface area contributed by atoms with E-state index in [-0.39, 0.29) is 35.1 Å². The Balaban J connectivity index is -0.000000261. The van der Waals surface area contributed by atoms with Crippen molar-refractivity contribution in [2.75, 3.05) is 39.5 Å². The number of piperidine rings is 1. The first-order valence-corrected chi connectivity index (χ1v) is 16.4. The van der Waals surface area contributed by atoms with Crippen LogP contribution in [0, 0.1) is 27.6 Å². The molecule has 2 N–H and O–H groups in total. The fourth-order valence-electron chi connectivity index (χ4n) is 5.66. The van der Waals surface area contributed by atoms with Gasteiger partial charge >= 0.3 is 0 Å². The van der Waals surface area contributed by atoms with Crippen molar-refractivity contribution in [3.8, 4) is 0 Å². The van der Waals surface area contributed by atoms with E-state index in [9.17, 15) is 0 Å². The Kier molecular flexibility index (Phi) is 22.5. The monoisotopic (exact) mass is 631 g/mol. The lowest BCUT2D eigenvalue weighted by Gasteiger charge is -2.42. The van der Waals surface area contributed by atoms with Crippen LogP contribution in [0.3, 0.4) is 0 Å². The van der Waals surface area contributed by atoms with Gasteiger partial charge in [-0.25, -0.2) is 0 Å². The predicted octanol–water partition coefficient (Wildman–Crippen LogP) is 10.2. The van der Waals surface area contributed by atoms with Crippen LogP contribution in [-0.2, 0) is 4.74 Å². The number of rotatable bonds is 1. The maximum atomic E-state index is 5.78. The van der Waals surface area contributed by atoms with E-state index in [1.807, 2.05) is 0 Å². The molecule has 3 rings (SSSR count). The maximum Gasteiger partial charge on any atom is 0.0750 e.